The van der Waals surface area contributed by atoms with E-state index in [0.717, 1.165) is 58.1 Å². The topological polar surface area (TPSA) is 214 Å². The predicted molar refractivity (Wildman–Crippen MR) is 232 cm³/mol. The minimum absolute atomic E-state index is 0.0326. The second kappa shape index (κ2) is 17.1. The summed E-state index contributed by atoms with van der Waals surface area (Å²) in [5.41, 5.74) is 7.40. The summed E-state index contributed by atoms with van der Waals surface area (Å²) in [4.78, 5) is 71.9. The quantitative estimate of drug-likeness (QED) is 0.0852. The summed E-state index contributed by atoms with van der Waals surface area (Å²) in [6.45, 7) is 7.89. The van der Waals surface area contributed by atoms with Gasteiger partial charge in [-0.25, -0.2) is 19.6 Å². The van der Waals surface area contributed by atoms with E-state index in [1.807, 2.05) is 70.2 Å². The summed E-state index contributed by atoms with van der Waals surface area (Å²) in [5, 5.41) is 24.1. The minimum atomic E-state index is -1.23. The number of benzene rings is 3. The Labute approximate surface area is 358 Å². The van der Waals surface area contributed by atoms with Gasteiger partial charge in [0.25, 0.3) is 5.91 Å². The number of rotatable bonds is 11. The Hall–Kier alpha value is -7.15. The number of aromatic nitrogens is 5. The van der Waals surface area contributed by atoms with Gasteiger partial charge in [-0.15, -0.1) is 0 Å². The van der Waals surface area contributed by atoms with Gasteiger partial charge in [-0.1, -0.05) is 39.8 Å². The highest BCUT2D eigenvalue weighted by Crippen LogP contribution is 2.48. The molecule has 0 aliphatic carbocycles. The number of carbonyl (C=O) groups excluding carboxylic acids is 3. The number of carboxylic acid groups (broad SMARTS) is 1. The molecule has 3 unspecified atom stereocenters. The first-order chi connectivity index (χ1) is 29.8. The standard InChI is InChI=1S/C46H50N10O6/c1-25(2)39(52-45(59)60)43(57)54-20-6-8-37(54)41-48-31-16-12-28(22-33(31)50-41)35-18-19-36(56(35)30-14-10-27(24-47)11-15-30)29-13-17-32-34(23-29)51-42(49-32)38-9-7-21-55(38)44(58)40(26(3)4)53-46(61)62-5/h7,9-17,21-23,25-26,35-37,39-40,52H,6,8,18-20H2,1-5H3,(H,48,50)(H,49,51)(H,53,61)(H,59,60)/t35?,36-,37?,39+,40?/m1/s1. The van der Waals surface area contributed by atoms with Gasteiger partial charge in [-0.05, 0) is 109 Å². The van der Waals surface area contributed by atoms with Crippen molar-refractivity contribution in [3.8, 4) is 17.6 Å². The Morgan fingerprint density at radius 1 is 0.806 bits per heavy atom. The number of hydrogen-bond donors (Lipinski definition) is 5. The van der Waals surface area contributed by atoms with E-state index in [4.69, 9.17) is 14.7 Å². The summed E-state index contributed by atoms with van der Waals surface area (Å²) in [6.07, 6.45) is 2.92. The van der Waals surface area contributed by atoms with Crippen LogP contribution in [0.4, 0.5) is 15.3 Å². The molecule has 6 aromatic rings. The number of imidazole rings is 2. The molecule has 2 aliphatic rings. The third-order valence-electron chi connectivity index (χ3n) is 12.2. The van der Waals surface area contributed by atoms with E-state index >= 15 is 0 Å². The predicted octanol–water partition coefficient (Wildman–Crippen LogP) is 7.84. The van der Waals surface area contributed by atoms with Crippen molar-refractivity contribution >= 4 is 51.8 Å². The smallest absolute Gasteiger partial charge is 0.407 e. The second-order valence-corrected chi connectivity index (χ2v) is 16.8. The molecule has 16 nitrogen and oxygen atoms in total. The molecule has 5 atom stereocenters. The van der Waals surface area contributed by atoms with E-state index in [1.54, 1.807) is 17.2 Å². The van der Waals surface area contributed by atoms with E-state index in [2.05, 4.69) is 55.8 Å². The fraction of sp³-hybridized carbons (Fsp3) is 0.370. The molecule has 5 N–H and O–H groups in total. The van der Waals surface area contributed by atoms with Gasteiger partial charge < -0.3 is 40.2 Å². The lowest BCUT2D eigenvalue weighted by Crippen LogP contribution is -2.50. The molecule has 2 saturated heterocycles. The van der Waals surface area contributed by atoms with Crippen LogP contribution in [0.5, 0.6) is 0 Å². The van der Waals surface area contributed by atoms with Crippen LogP contribution in [0.1, 0.15) is 98.8 Å². The lowest BCUT2D eigenvalue weighted by atomic mass is 10.0. The number of fused-ring (bicyclic) bond motifs is 2. The van der Waals surface area contributed by atoms with Crippen molar-refractivity contribution in [2.24, 2.45) is 11.8 Å². The molecule has 8 rings (SSSR count). The third-order valence-corrected chi connectivity index (χ3v) is 12.2. The van der Waals surface area contributed by atoms with Crippen molar-refractivity contribution in [1.82, 2.24) is 40.0 Å². The summed E-state index contributed by atoms with van der Waals surface area (Å²) < 4.78 is 6.27. The van der Waals surface area contributed by atoms with Crippen molar-refractivity contribution in [1.29, 1.82) is 5.26 Å². The number of aromatic amines is 2. The van der Waals surface area contributed by atoms with E-state index in [-0.39, 0.29) is 41.8 Å². The molecule has 0 radical (unpaired) electrons. The lowest BCUT2D eigenvalue weighted by molar-refractivity contribution is -0.135. The molecule has 16 heteroatoms. The van der Waals surface area contributed by atoms with Crippen molar-refractivity contribution in [2.75, 3.05) is 18.6 Å². The maximum atomic E-state index is 13.7. The van der Waals surface area contributed by atoms with Crippen LogP contribution in [0.15, 0.2) is 79.0 Å². The Bertz CT molecular complexity index is 2690. The fourth-order valence-corrected chi connectivity index (χ4v) is 9.05. The van der Waals surface area contributed by atoms with Crippen LogP contribution in [0, 0.1) is 23.2 Å². The fourth-order valence-electron chi connectivity index (χ4n) is 9.05. The van der Waals surface area contributed by atoms with E-state index in [1.165, 1.54) is 11.7 Å². The molecule has 0 bridgehead atoms. The molecular formula is C46H50N10O6. The molecule has 5 heterocycles. The van der Waals surface area contributed by atoms with Crippen molar-refractivity contribution in [3.63, 3.8) is 0 Å². The average Bonchev–Trinajstić information content (AvgIpc) is 4.12. The normalized spacial score (nSPS) is 18.6. The highest BCUT2D eigenvalue weighted by Gasteiger charge is 2.39. The van der Waals surface area contributed by atoms with Crippen LogP contribution < -0.4 is 15.5 Å². The molecule has 2 aliphatic heterocycles. The summed E-state index contributed by atoms with van der Waals surface area (Å²) in [7, 11) is 1.26. The minimum Gasteiger partial charge on any atom is -0.465 e. The highest BCUT2D eigenvalue weighted by molar-refractivity contribution is 5.91. The first-order valence-electron chi connectivity index (χ1n) is 21.0. The monoisotopic (exact) mass is 838 g/mol. The maximum Gasteiger partial charge on any atom is 0.407 e. The highest BCUT2D eigenvalue weighted by atomic mass is 16.5. The largest absolute Gasteiger partial charge is 0.465 e. The van der Waals surface area contributed by atoms with E-state index in [9.17, 15) is 29.5 Å². The Kier molecular flexibility index (Phi) is 11.5. The number of alkyl carbamates (subject to hydrolysis) is 1. The number of amides is 3. The molecule has 0 spiro atoms. The van der Waals surface area contributed by atoms with Gasteiger partial charge in [0.15, 0.2) is 5.82 Å². The summed E-state index contributed by atoms with van der Waals surface area (Å²) in [5.74, 6) is 0.209. The number of ether oxygens (including phenoxy) is 1. The average molecular weight is 839 g/mol. The molecule has 0 saturated carbocycles. The first-order valence-corrected chi connectivity index (χ1v) is 21.0. The SMILES string of the molecule is COC(=O)NC(C(=O)n1cccc1-c1nc2cc([C@H]3CCC(c4ccc5nc(C6CCCN6C(=O)[C@@H](NC(=O)O)C(C)C)[nH]c5c4)N3c3ccc(C#N)cc3)ccc2[nH]1)C(C)C. The number of carbonyl (C=O) groups is 4. The van der Waals surface area contributed by atoms with Gasteiger partial charge in [-0.3, -0.25) is 14.2 Å². The van der Waals surface area contributed by atoms with Crippen LogP contribution in [0.25, 0.3) is 33.6 Å². The van der Waals surface area contributed by atoms with Crippen LogP contribution in [-0.2, 0) is 9.53 Å². The van der Waals surface area contributed by atoms with Crippen LogP contribution in [-0.4, -0.2) is 84.2 Å². The molecular weight excluding hydrogens is 789 g/mol. The second-order valence-electron chi connectivity index (χ2n) is 16.8. The maximum absolute atomic E-state index is 13.7. The van der Waals surface area contributed by atoms with Gasteiger partial charge in [0.2, 0.25) is 5.91 Å². The number of nitrogens with zero attached hydrogens (tertiary/aromatic N) is 6. The number of H-pyrrole nitrogens is 2. The van der Waals surface area contributed by atoms with Gasteiger partial charge in [0.05, 0.1) is 64.6 Å². The third kappa shape index (κ3) is 7.93. The number of nitrogens with one attached hydrogen (secondary N) is 4. The van der Waals surface area contributed by atoms with Crippen molar-refractivity contribution in [2.45, 2.75) is 83.6 Å². The Morgan fingerprint density at radius 2 is 1.50 bits per heavy atom. The number of nitriles is 1. The van der Waals surface area contributed by atoms with Crippen molar-refractivity contribution < 1.29 is 29.0 Å². The zero-order valence-electron chi connectivity index (χ0n) is 35.3. The van der Waals surface area contributed by atoms with Crippen molar-refractivity contribution in [3.05, 3.63) is 102 Å². The molecule has 3 aromatic carbocycles. The Balaban J connectivity index is 1.09. The molecule has 3 amide bonds. The molecule has 62 heavy (non-hydrogen) atoms. The zero-order chi connectivity index (χ0) is 43.8. The molecule has 2 fully saturated rings. The van der Waals surface area contributed by atoms with Gasteiger partial charge >= 0.3 is 12.2 Å². The molecule has 3 aromatic heterocycles. The van der Waals surface area contributed by atoms with Crippen LogP contribution in [0.2, 0.25) is 0 Å². The number of hydrogen-bond acceptors (Lipinski definition) is 9. The number of methoxy groups -OCH3 is 1. The number of likely N-dealkylation sites (tertiary alicyclic amines) is 1. The van der Waals surface area contributed by atoms with Gasteiger partial charge in [0, 0.05) is 18.4 Å². The van der Waals surface area contributed by atoms with E-state index in [0.29, 0.717) is 35.9 Å². The van der Waals surface area contributed by atoms with Crippen LogP contribution in [0.3, 0.4) is 0 Å². The summed E-state index contributed by atoms with van der Waals surface area (Å²) >= 11 is 0. The van der Waals surface area contributed by atoms with Gasteiger partial charge in [0.1, 0.15) is 17.9 Å². The zero-order valence-corrected chi connectivity index (χ0v) is 35.3. The summed E-state index contributed by atoms with van der Waals surface area (Å²) in [6, 6.07) is 23.8. The Morgan fingerprint density at radius 3 is 2.18 bits per heavy atom. The van der Waals surface area contributed by atoms with Crippen LogP contribution >= 0.6 is 0 Å². The first kappa shape index (κ1) is 41.6. The van der Waals surface area contributed by atoms with E-state index < -0.39 is 24.3 Å². The van der Waals surface area contributed by atoms with Gasteiger partial charge in [-0.2, -0.15) is 5.26 Å². The lowest BCUT2D eigenvalue weighted by Gasteiger charge is -2.33. The molecule has 320 valence electrons. The number of anilines is 1.